The number of rotatable bonds is 3. The second kappa shape index (κ2) is 8.13. The van der Waals surface area contributed by atoms with Gasteiger partial charge in [-0.1, -0.05) is 0 Å². The smallest absolute Gasteiger partial charge is 0.321 e. The Hall–Kier alpha value is -3.82. The Kier molecular flexibility index (Phi) is 5.03. The van der Waals surface area contributed by atoms with Crippen molar-refractivity contribution in [2.24, 2.45) is 0 Å². The van der Waals surface area contributed by atoms with Crippen molar-refractivity contribution in [2.45, 2.75) is 6.92 Å². The van der Waals surface area contributed by atoms with Crippen LogP contribution in [0.3, 0.4) is 0 Å². The molecule has 4 heterocycles. The predicted molar refractivity (Wildman–Crippen MR) is 114 cm³/mol. The van der Waals surface area contributed by atoms with Gasteiger partial charge in [0, 0.05) is 50.2 Å². The van der Waals surface area contributed by atoms with Gasteiger partial charge >= 0.3 is 6.03 Å². The van der Waals surface area contributed by atoms with Gasteiger partial charge in [0.2, 0.25) is 0 Å². The van der Waals surface area contributed by atoms with E-state index in [-0.39, 0.29) is 6.03 Å². The molecule has 31 heavy (non-hydrogen) atoms. The zero-order valence-corrected chi connectivity index (χ0v) is 17.2. The highest BCUT2D eigenvalue weighted by Crippen LogP contribution is 2.32. The third-order valence-electron chi connectivity index (χ3n) is 5.28. The van der Waals surface area contributed by atoms with Gasteiger partial charge in [0.1, 0.15) is 25.4 Å². The van der Waals surface area contributed by atoms with Gasteiger partial charge in [-0.2, -0.15) is 5.10 Å². The maximum Gasteiger partial charge on any atom is 0.321 e. The zero-order valence-electron chi connectivity index (χ0n) is 17.2. The van der Waals surface area contributed by atoms with Crippen LogP contribution in [0.5, 0.6) is 11.5 Å². The summed E-state index contributed by atoms with van der Waals surface area (Å²) in [4.78, 5) is 25.4. The van der Waals surface area contributed by atoms with Crippen LogP contribution in [-0.4, -0.2) is 70.1 Å². The summed E-state index contributed by atoms with van der Waals surface area (Å²) in [6.07, 6.45) is 3.42. The number of urea groups is 1. The lowest BCUT2D eigenvalue weighted by molar-refractivity contribution is 0.171. The van der Waals surface area contributed by atoms with Crippen LogP contribution in [0.2, 0.25) is 0 Å². The van der Waals surface area contributed by atoms with Crippen LogP contribution >= 0.6 is 0 Å². The lowest BCUT2D eigenvalue weighted by Gasteiger charge is -2.35. The number of nitrogens with one attached hydrogen (secondary N) is 1. The van der Waals surface area contributed by atoms with Gasteiger partial charge in [-0.3, -0.25) is 0 Å². The van der Waals surface area contributed by atoms with Crippen LogP contribution in [0.4, 0.5) is 16.3 Å². The fourth-order valence-electron chi connectivity index (χ4n) is 3.64. The first-order valence-electron chi connectivity index (χ1n) is 10.2. The topological polar surface area (TPSA) is 97.6 Å². The fourth-order valence-corrected chi connectivity index (χ4v) is 3.64. The standard InChI is InChI=1S/C21H23N7O3/c1-15-4-5-28(25-15)20-13-19(22-14-23-20)26-6-8-27(9-7-26)21(29)24-16-2-3-17-18(12-16)31-11-10-30-17/h2-5,12-14H,6-11H2,1H3,(H,24,29). The van der Waals surface area contributed by atoms with Crippen molar-refractivity contribution in [1.82, 2.24) is 24.6 Å². The minimum atomic E-state index is -0.133. The Balaban J connectivity index is 1.20. The molecule has 1 saturated heterocycles. The number of carbonyl (C=O) groups excluding carboxylic acids is 1. The molecule has 10 heteroatoms. The lowest BCUT2D eigenvalue weighted by Crippen LogP contribution is -2.50. The number of hydrogen-bond donors (Lipinski definition) is 1. The van der Waals surface area contributed by atoms with E-state index in [1.54, 1.807) is 22.0 Å². The molecular formula is C21H23N7O3. The van der Waals surface area contributed by atoms with Crippen molar-refractivity contribution < 1.29 is 14.3 Å². The van der Waals surface area contributed by atoms with Gasteiger partial charge in [0.05, 0.1) is 5.69 Å². The molecular weight excluding hydrogens is 398 g/mol. The molecule has 1 N–H and O–H groups in total. The minimum Gasteiger partial charge on any atom is -0.486 e. The molecule has 0 aliphatic carbocycles. The molecule has 0 bridgehead atoms. The molecule has 2 aliphatic rings. The maximum atomic E-state index is 12.7. The van der Waals surface area contributed by atoms with Crippen LogP contribution in [0.1, 0.15) is 5.69 Å². The number of aryl methyl sites for hydroxylation is 1. The van der Waals surface area contributed by atoms with E-state index < -0.39 is 0 Å². The van der Waals surface area contributed by atoms with Crippen LogP contribution in [0, 0.1) is 6.92 Å². The third-order valence-corrected chi connectivity index (χ3v) is 5.28. The fraction of sp³-hybridized carbons (Fsp3) is 0.333. The van der Waals surface area contributed by atoms with Crippen LogP contribution in [-0.2, 0) is 0 Å². The highest BCUT2D eigenvalue weighted by atomic mass is 16.6. The molecule has 2 aliphatic heterocycles. The van der Waals surface area contributed by atoms with Gasteiger partial charge in [-0.25, -0.2) is 19.4 Å². The average molecular weight is 421 g/mol. The summed E-state index contributed by atoms with van der Waals surface area (Å²) in [5.74, 6) is 2.90. The van der Waals surface area contributed by atoms with Crippen LogP contribution in [0.15, 0.2) is 42.9 Å². The largest absolute Gasteiger partial charge is 0.486 e. The predicted octanol–water partition coefficient (Wildman–Crippen LogP) is 2.10. The van der Waals surface area contributed by atoms with Gasteiger partial charge in [-0.15, -0.1) is 0 Å². The second-order valence-electron chi connectivity index (χ2n) is 7.40. The molecule has 3 aromatic rings. The molecule has 2 aromatic heterocycles. The number of amides is 2. The molecule has 160 valence electrons. The van der Waals surface area contributed by atoms with Gasteiger partial charge in [0.25, 0.3) is 0 Å². The summed E-state index contributed by atoms with van der Waals surface area (Å²) < 4.78 is 12.8. The zero-order chi connectivity index (χ0) is 21.2. The first-order valence-corrected chi connectivity index (χ1v) is 10.2. The number of aromatic nitrogens is 4. The number of benzene rings is 1. The number of anilines is 2. The highest BCUT2D eigenvalue weighted by Gasteiger charge is 2.23. The maximum absolute atomic E-state index is 12.7. The summed E-state index contributed by atoms with van der Waals surface area (Å²) >= 11 is 0. The van der Waals surface area contributed by atoms with Crippen molar-refractivity contribution >= 4 is 17.5 Å². The van der Waals surface area contributed by atoms with E-state index in [1.165, 1.54) is 0 Å². The quantitative estimate of drug-likeness (QED) is 0.692. The minimum absolute atomic E-state index is 0.133. The number of hydrogen-bond acceptors (Lipinski definition) is 7. The summed E-state index contributed by atoms with van der Waals surface area (Å²) in [6.45, 7) is 5.54. The Morgan fingerprint density at radius 1 is 0.968 bits per heavy atom. The molecule has 0 spiro atoms. The number of carbonyl (C=O) groups is 1. The van der Waals surface area contributed by atoms with Crippen molar-refractivity contribution in [2.75, 3.05) is 49.6 Å². The van der Waals surface area contributed by atoms with Gasteiger partial charge in [0.15, 0.2) is 17.3 Å². The lowest BCUT2D eigenvalue weighted by atomic mass is 10.2. The van der Waals surface area contributed by atoms with Gasteiger partial charge < -0.3 is 24.6 Å². The van der Waals surface area contributed by atoms with Crippen LogP contribution in [0.25, 0.3) is 5.82 Å². The first kappa shape index (κ1) is 19.2. The number of nitrogens with zero attached hydrogens (tertiary/aromatic N) is 6. The van der Waals surface area contributed by atoms with E-state index in [4.69, 9.17) is 9.47 Å². The molecule has 10 nitrogen and oxygen atoms in total. The Morgan fingerprint density at radius 3 is 2.52 bits per heavy atom. The average Bonchev–Trinajstić information content (AvgIpc) is 3.25. The van der Waals surface area contributed by atoms with E-state index in [9.17, 15) is 4.79 Å². The van der Waals surface area contributed by atoms with Crippen molar-refractivity contribution in [3.05, 3.63) is 48.5 Å². The highest BCUT2D eigenvalue weighted by molar-refractivity contribution is 5.90. The van der Waals surface area contributed by atoms with E-state index in [0.717, 1.165) is 17.3 Å². The molecule has 1 fully saturated rings. The summed E-state index contributed by atoms with van der Waals surface area (Å²) in [7, 11) is 0. The number of piperazine rings is 1. The van der Waals surface area contributed by atoms with Crippen molar-refractivity contribution in [1.29, 1.82) is 0 Å². The van der Waals surface area contributed by atoms with Crippen molar-refractivity contribution in [3.63, 3.8) is 0 Å². The summed E-state index contributed by atoms with van der Waals surface area (Å²) in [5.41, 5.74) is 1.62. The molecule has 0 unspecified atom stereocenters. The Labute approximate surface area is 179 Å². The molecule has 0 saturated carbocycles. The van der Waals surface area contributed by atoms with E-state index in [2.05, 4.69) is 25.3 Å². The molecule has 2 amide bonds. The van der Waals surface area contributed by atoms with E-state index in [0.29, 0.717) is 56.6 Å². The van der Waals surface area contributed by atoms with Crippen LogP contribution < -0.4 is 19.7 Å². The SMILES string of the molecule is Cc1ccn(-c2cc(N3CCN(C(=O)Nc4ccc5c(c4)OCCO5)CC3)ncn2)n1. The monoisotopic (exact) mass is 421 g/mol. The third kappa shape index (κ3) is 4.09. The molecule has 5 rings (SSSR count). The van der Waals surface area contributed by atoms with E-state index >= 15 is 0 Å². The van der Waals surface area contributed by atoms with Gasteiger partial charge in [-0.05, 0) is 25.1 Å². The molecule has 1 aromatic carbocycles. The summed E-state index contributed by atoms with van der Waals surface area (Å²) in [5, 5.41) is 7.34. The first-order chi connectivity index (χ1) is 15.2. The van der Waals surface area contributed by atoms with E-state index in [1.807, 2.05) is 37.4 Å². The number of fused-ring (bicyclic) bond motifs is 1. The van der Waals surface area contributed by atoms with Crippen molar-refractivity contribution in [3.8, 4) is 17.3 Å². The molecule has 0 atom stereocenters. The summed E-state index contributed by atoms with van der Waals surface area (Å²) in [6, 6.07) is 9.14. The second-order valence-corrected chi connectivity index (χ2v) is 7.40. The Bertz CT molecular complexity index is 1090. The normalized spacial score (nSPS) is 15.6. The molecule has 0 radical (unpaired) electrons. The number of ether oxygens (including phenoxy) is 2. The Morgan fingerprint density at radius 2 is 1.74 bits per heavy atom.